The summed E-state index contributed by atoms with van der Waals surface area (Å²) in [5.41, 5.74) is 2.19. The van der Waals surface area contributed by atoms with E-state index in [0.717, 1.165) is 0 Å². The summed E-state index contributed by atoms with van der Waals surface area (Å²) in [7, 11) is 1.60. The first kappa shape index (κ1) is 23.9. The molecule has 1 aliphatic heterocycles. The number of benzodiazepines with no additional fused rings is 1. The van der Waals surface area contributed by atoms with Crippen molar-refractivity contribution < 1.29 is 14.4 Å². The van der Waals surface area contributed by atoms with Gasteiger partial charge in [0.15, 0.2) is 0 Å². The number of halogens is 2. The Hall–Kier alpha value is -3.20. The Labute approximate surface area is 210 Å². The summed E-state index contributed by atoms with van der Waals surface area (Å²) in [6.45, 7) is 1.54. The first-order chi connectivity index (χ1) is 16.3. The molecule has 2 aromatic carbocycles. The zero-order valence-corrected chi connectivity index (χ0v) is 20.5. The van der Waals surface area contributed by atoms with Gasteiger partial charge in [-0.25, -0.2) is 4.99 Å². The first-order valence-corrected chi connectivity index (χ1v) is 11.9. The Morgan fingerprint density at radius 3 is 2.56 bits per heavy atom. The van der Waals surface area contributed by atoms with Gasteiger partial charge in [0, 0.05) is 28.2 Å². The van der Waals surface area contributed by atoms with E-state index in [2.05, 4.69) is 15.6 Å². The maximum atomic E-state index is 13.3. The van der Waals surface area contributed by atoms with Crippen molar-refractivity contribution in [2.75, 3.05) is 11.9 Å². The number of carbonyl (C=O) groups is 3. The fourth-order valence-corrected chi connectivity index (χ4v) is 4.53. The van der Waals surface area contributed by atoms with E-state index in [9.17, 15) is 14.4 Å². The SMILES string of the molecule is C[C@H](NC(=O)c1cccs1)C(=O)NC1N=C(c2ccccc2Cl)c2cc(Cl)ccc2N(C)C1=O. The van der Waals surface area contributed by atoms with Gasteiger partial charge in [-0.1, -0.05) is 47.5 Å². The van der Waals surface area contributed by atoms with Gasteiger partial charge in [0.2, 0.25) is 12.1 Å². The Bertz CT molecular complexity index is 1290. The summed E-state index contributed by atoms with van der Waals surface area (Å²) >= 11 is 14.0. The van der Waals surface area contributed by atoms with E-state index < -0.39 is 24.0 Å². The fraction of sp³-hybridized carbons (Fsp3) is 0.167. The molecule has 2 N–H and O–H groups in total. The molecule has 3 amide bonds. The average molecular weight is 515 g/mol. The molecule has 1 aromatic heterocycles. The maximum absolute atomic E-state index is 13.3. The minimum Gasteiger partial charge on any atom is -0.340 e. The summed E-state index contributed by atoms with van der Waals surface area (Å²) in [5, 5.41) is 7.96. The van der Waals surface area contributed by atoms with Crippen LogP contribution in [0.2, 0.25) is 10.0 Å². The Balaban J connectivity index is 1.68. The second-order valence-corrected chi connectivity index (χ2v) is 9.39. The predicted octanol–water partition coefficient (Wildman–Crippen LogP) is 4.13. The minimum atomic E-state index is -1.24. The molecule has 4 rings (SSSR count). The molecule has 0 saturated heterocycles. The number of aliphatic imine (C=N–C) groups is 1. The van der Waals surface area contributed by atoms with E-state index >= 15 is 0 Å². The topological polar surface area (TPSA) is 90.9 Å². The van der Waals surface area contributed by atoms with E-state index in [4.69, 9.17) is 23.2 Å². The van der Waals surface area contributed by atoms with E-state index in [1.165, 1.54) is 16.2 Å². The number of fused-ring (bicyclic) bond motifs is 1. The molecule has 7 nitrogen and oxygen atoms in total. The highest BCUT2D eigenvalue weighted by atomic mass is 35.5. The third-order valence-corrected chi connectivity index (χ3v) is 6.72. The number of amides is 3. The highest BCUT2D eigenvalue weighted by molar-refractivity contribution is 7.12. The summed E-state index contributed by atoms with van der Waals surface area (Å²) in [4.78, 5) is 45.0. The van der Waals surface area contributed by atoms with Crippen LogP contribution >= 0.6 is 34.5 Å². The molecule has 34 heavy (non-hydrogen) atoms. The van der Waals surface area contributed by atoms with Crippen LogP contribution in [0.25, 0.3) is 0 Å². The monoisotopic (exact) mass is 514 g/mol. The zero-order valence-electron chi connectivity index (χ0n) is 18.2. The largest absolute Gasteiger partial charge is 0.340 e. The standard InChI is InChI=1S/C24H20Cl2N4O3S/c1-13(27-23(32)19-8-5-11-34-19)22(31)29-21-24(33)30(2)18-10-9-14(25)12-16(18)20(28-21)15-6-3-4-7-17(15)26/h3-13,21H,1-2H3,(H,27,32)(H,29,31)/t13-,21?/m0/s1. The summed E-state index contributed by atoms with van der Waals surface area (Å²) < 4.78 is 0. The molecule has 0 radical (unpaired) electrons. The fourth-order valence-electron chi connectivity index (χ4n) is 3.51. The first-order valence-electron chi connectivity index (χ1n) is 10.3. The molecule has 0 fully saturated rings. The third-order valence-electron chi connectivity index (χ3n) is 5.29. The Morgan fingerprint density at radius 1 is 1.09 bits per heavy atom. The van der Waals surface area contributed by atoms with Crippen molar-refractivity contribution in [2.24, 2.45) is 4.99 Å². The normalized spacial score (nSPS) is 16.2. The van der Waals surface area contributed by atoms with Crippen molar-refractivity contribution in [3.8, 4) is 0 Å². The van der Waals surface area contributed by atoms with Gasteiger partial charge in [-0.3, -0.25) is 14.4 Å². The van der Waals surface area contributed by atoms with Crippen LogP contribution in [0.5, 0.6) is 0 Å². The van der Waals surface area contributed by atoms with Crippen molar-refractivity contribution in [3.05, 3.63) is 86.0 Å². The van der Waals surface area contributed by atoms with Crippen molar-refractivity contribution in [1.29, 1.82) is 0 Å². The molecule has 3 aromatic rings. The molecule has 0 bridgehead atoms. The summed E-state index contributed by atoms with van der Waals surface area (Å²) in [6.07, 6.45) is -1.24. The Kier molecular flexibility index (Phi) is 7.02. The average Bonchev–Trinajstić information content (AvgIpc) is 3.33. The number of hydrogen-bond donors (Lipinski definition) is 2. The molecule has 1 unspecified atom stereocenters. The number of anilines is 1. The van der Waals surface area contributed by atoms with Crippen LogP contribution in [0, 0.1) is 0 Å². The van der Waals surface area contributed by atoms with Gasteiger partial charge in [0.1, 0.15) is 6.04 Å². The lowest BCUT2D eigenvalue weighted by atomic mass is 10.00. The van der Waals surface area contributed by atoms with E-state index in [1.54, 1.807) is 73.9 Å². The van der Waals surface area contributed by atoms with Crippen LogP contribution < -0.4 is 15.5 Å². The number of likely N-dealkylation sites (N-methyl/N-ethyl adjacent to an activating group) is 1. The minimum absolute atomic E-state index is 0.371. The number of carbonyl (C=O) groups excluding carboxylic acids is 3. The van der Waals surface area contributed by atoms with Gasteiger partial charge in [-0.15, -0.1) is 11.3 Å². The van der Waals surface area contributed by atoms with Crippen LogP contribution in [0.15, 0.2) is 65.0 Å². The number of benzene rings is 2. The second-order valence-electron chi connectivity index (χ2n) is 7.60. The highest BCUT2D eigenvalue weighted by Gasteiger charge is 2.33. The molecule has 1 aliphatic rings. The number of nitrogens with zero attached hydrogens (tertiary/aromatic N) is 2. The van der Waals surface area contributed by atoms with Gasteiger partial charge in [0.05, 0.1) is 16.3 Å². The summed E-state index contributed by atoms with van der Waals surface area (Å²) in [6, 6.07) is 14.7. The van der Waals surface area contributed by atoms with Crippen LogP contribution in [-0.2, 0) is 9.59 Å². The van der Waals surface area contributed by atoms with Crippen LogP contribution in [0.3, 0.4) is 0 Å². The molecule has 2 heterocycles. The molecule has 0 saturated carbocycles. The molecular weight excluding hydrogens is 495 g/mol. The van der Waals surface area contributed by atoms with Crippen molar-refractivity contribution in [2.45, 2.75) is 19.1 Å². The van der Waals surface area contributed by atoms with E-state index in [-0.39, 0.29) is 5.91 Å². The third kappa shape index (κ3) is 4.84. The Morgan fingerprint density at radius 2 is 1.85 bits per heavy atom. The lowest BCUT2D eigenvalue weighted by Gasteiger charge is -2.22. The van der Waals surface area contributed by atoms with E-state index in [0.29, 0.717) is 37.4 Å². The van der Waals surface area contributed by atoms with Gasteiger partial charge in [-0.2, -0.15) is 0 Å². The number of nitrogens with one attached hydrogen (secondary N) is 2. The number of hydrogen-bond acceptors (Lipinski definition) is 5. The summed E-state index contributed by atoms with van der Waals surface area (Å²) in [5.74, 6) is -1.37. The molecular formula is C24H20Cl2N4O3S. The highest BCUT2D eigenvalue weighted by Crippen LogP contribution is 2.31. The number of rotatable bonds is 5. The second kappa shape index (κ2) is 9.97. The molecule has 174 valence electrons. The van der Waals surface area contributed by atoms with Crippen molar-refractivity contribution in [3.63, 3.8) is 0 Å². The van der Waals surface area contributed by atoms with Gasteiger partial charge < -0.3 is 15.5 Å². The lowest BCUT2D eigenvalue weighted by molar-refractivity contribution is -0.128. The van der Waals surface area contributed by atoms with Crippen molar-refractivity contribution >= 4 is 63.7 Å². The predicted molar refractivity (Wildman–Crippen MR) is 135 cm³/mol. The van der Waals surface area contributed by atoms with Crippen LogP contribution in [0.1, 0.15) is 27.7 Å². The smallest absolute Gasteiger partial charge is 0.272 e. The molecule has 0 spiro atoms. The van der Waals surface area contributed by atoms with Crippen molar-refractivity contribution in [1.82, 2.24) is 10.6 Å². The molecule has 0 aliphatic carbocycles. The van der Waals surface area contributed by atoms with E-state index in [1.807, 2.05) is 0 Å². The van der Waals surface area contributed by atoms with Gasteiger partial charge in [-0.05, 0) is 42.6 Å². The van der Waals surface area contributed by atoms with Crippen LogP contribution in [-0.4, -0.2) is 42.7 Å². The van der Waals surface area contributed by atoms with Gasteiger partial charge in [0.25, 0.3) is 11.8 Å². The zero-order chi connectivity index (χ0) is 24.4. The molecule has 10 heteroatoms. The number of thiophene rings is 1. The maximum Gasteiger partial charge on any atom is 0.272 e. The van der Waals surface area contributed by atoms with Crippen LogP contribution in [0.4, 0.5) is 5.69 Å². The molecule has 2 atom stereocenters. The van der Waals surface area contributed by atoms with Gasteiger partial charge >= 0.3 is 0 Å². The lowest BCUT2D eigenvalue weighted by Crippen LogP contribution is -2.52. The quantitative estimate of drug-likeness (QED) is 0.536.